The van der Waals surface area contributed by atoms with Crippen molar-refractivity contribution in [2.75, 3.05) is 7.11 Å². The number of pyridine rings is 1. The Balaban J connectivity index is 2.04. The molecule has 2 aromatic carbocycles. The van der Waals surface area contributed by atoms with E-state index in [2.05, 4.69) is 25.9 Å². The molecule has 1 atom stereocenters. The summed E-state index contributed by atoms with van der Waals surface area (Å²) in [5.41, 5.74) is 3.19. The van der Waals surface area contributed by atoms with Crippen LogP contribution < -0.4 is 0 Å². The highest BCUT2D eigenvalue weighted by molar-refractivity contribution is 9.10. The van der Waals surface area contributed by atoms with Crippen LogP contribution in [-0.2, 0) is 9.53 Å². The molecule has 126 valence electrons. The average Bonchev–Trinajstić information content (AvgIpc) is 2.63. The van der Waals surface area contributed by atoms with Crippen molar-refractivity contribution in [1.29, 1.82) is 0 Å². The normalized spacial score (nSPS) is 12.8. The Kier molecular flexibility index (Phi) is 5.24. The maximum Gasteiger partial charge on any atom is 0.318 e. The number of hydrogen-bond acceptors (Lipinski definition) is 4. The molecule has 1 heterocycles. The maximum atomic E-state index is 12.4. The second-order valence-electron chi connectivity index (χ2n) is 5.61. The summed E-state index contributed by atoms with van der Waals surface area (Å²) >= 11 is 3.51. The molecule has 0 bridgehead atoms. The smallest absolute Gasteiger partial charge is 0.318 e. The van der Waals surface area contributed by atoms with Gasteiger partial charge in [-0.2, -0.15) is 0 Å². The van der Waals surface area contributed by atoms with E-state index in [0.717, 1.165) is 26.6 Å². The van der Waals surface area contributed by atoms with Crippen LogP contribution in [0.1, 0.15) is 18.4 Å². The Morgan fingerprint density at radius 2 is 1.96 bits per heavy atom. The quantitative estimate of drug-likeness (QED) is 0.458. The molecule has 1 aromatic heterocycles. The Hall–Kier alpha value is -2.53. The average molecular weight is 397 g/mol. The lowest BCUT2D eigenvalue weighted by Gasteiger charge is -2.16. The number of ether oxygens (including phenoxy) is 1. The molecule has 0 spiro atoms. The van der Waals surface area contributed by atoms with E-state index in [1.54, 1.807) is 6.20 Å². The molecule has 5 heteroatoms. The SMILES string of the molecule is COC(=O)C(C(C)=Nc1ccc2ncccc2c1)c1ccccc1Br. The fourth-order valence-corrected chi connectivity index (χ4v) is 3.26. The van der Waals surface area contributed by atoms with E-state index in [1.165, 1.54) is 7.11 Å². The molecule has 0 aliphatic rings. The number of aliphatic imine (C=N–C) groups is 1. The van der Waals surface area contributed by atoms with Crippen molar-refractivity contribution in [3.05, 3.63) is 70.8 Å². The molecule has 4 nitrogen and oxygen atoms in total. The van der Waals surface area contributed by atoms with E-state index in [0.29, 0.717) is 5.71 Å². The largest absolute Gasteiger partial charge is 0.468 e. The van der Waals surface area contributed by atoms with Crippen LogP contribution in [0.5, 0.6) is 0 Å². The summed E-state index contributed by atoms with van der Waals surface area (Å²) in [5.74, 6) is -0.902. The number of aromatic nitrogens is 1. The van der Waals surface area contributed by atoms with E-state index in [1.807, 2.05) is 61.5 Å². The fourth-order valence-electron chi connectivity index (χ4n) is 2.75. The van der Waals surface area contributed by atoms with Crippen LogP contribution in [0.3, 0.4) is 0 Å². The third kappa shape index (κ3) is 3.77. The van der Waals surface area contributed by atoms with Gasteiger partial charge in [0, 0.05) is 21.8 Å². The lowest BCUT2D eigenvalue weighted by Crippen LogP contribution is -2.21. The zero-order valence-corrected chi connectivity index (χ0v) is 15.5. The number of carbonyl (C=O) groups excluding carboxylic acids is 1. The molecule has 3 aromatic rings. The van der Waals surface area contributed by atoms with E-state index in [-0.39, 0.29) is 5.97 Å². The van der Waals surface area contributed by atoms with E-state index >= 15 is 0 Å². The van der Waals surface area contributed by atoms with Gasteiger partial charge in [-0.05, 0) is 42.8 Å². The van der Waals surface area contributed by atoms with Crippen molar-refractivity contribution in [3.63, 3.8) is 0 Å². The minimum absolute atomic E-state index is 0.337. The molecule has 3 rings (SSSR count). The lowest BCUT2D eigenvalue weighted by molar-refractivity contribution is -0.140. The first kappa shape index (κ1) is 17.3. The van der Waals surface area contributed by atoms with Crippen LogP contribution in [0.4, 0.5) is 5.69 Å². The molecule has 0 aliphatic heterocycles. The molecular formula is C20H17BrN2O2. The highest BCUT2D eigenvalue weighted by atomic mass is 79.9. The number of methoxy groups -OCH3 is 1. The molecule has 25 heavy (non-hydrogen) atoms. The van der Waals surface area contributed by atoms with Gasteiger partial charge in [-0.15, -0.1) is 0 Å². The minimum Gasteiger partial charge on any atom is -0.468 e. The minimum atomic E-state index is -0.565. The van der Waals surface area contributed by atoms with Crippen molar-refractivity contribution in [3.8, 4) is 0 Å². The van der Waals surface area contributed by atoms with Crippen LogP contribution >= 0.6 is 15.9 Å². The van der Waals surface area contributed by atoms with Gasteiger partial charge in [0.05, 0.1) is 18.3 Å². The summed E-state index contributed by atoms with van der Waals surface area (Å²) in [5, 5.41) is 1.01. The van der Waals surface area contributed by atoms with Crippen molar-refractivity contribution >= 4 is 44.2 Å². The van der Waals surface area contributed by atoms with Gasteiger partial charge < -0.3 is 4.74 Å². The first-order valence-corrected chi connectivity index (χ1v) is 8.61. The molecular weight excluding hydrogens is 380 g/mol. The van der Waals surface area contributed by atoms with Gasteiger partial charge in [-0.3, -0.25) is 14.8 Å². The molecule has 0 N–H and O–H groups in total. The monoisotopic (exact) mass is 396 g/mol. The number of rotatable bonds is 4. The van der Waals surface area contributed by atoms with Gasteiger partial charge in [-0.25, -0.2) is 0 Å². The Labute approximate surface area is 154 Å². The summed E-state index contributed by atoms with van der Waals surface area (Å²) in [7, 11) is 1.39. The van der Waals surface area contributed by atoms with Gasteiger partial charge in [0.25, 0.3) is 0 Å². The van der Waals surface area contributed by atoms with Crippen molar-refractivity contribution in [1.82, 2.24) is 4.98 Å². The number of carbonyl (C=O) groups is 1. The lowest BCUT2D eigenvalue weighted by atomic mass is 9.94. The molecule has 0 saturated carbocycles. The molecule has 0 fully saturated rings. The van der Waals surface area contributed by atoms with Crippen LogP contribution in [0, 0.1) is 0 Å². The number of esters is 1. The zero-order chi connectivity index (χ0) is 17.8. The van der Waals surface area contributed by atoms with Crippen LogP contribution in [0.2, 0.25) is 0 Å². The number of benzene rings is 2. The third-order valence-electron chi connectivity index (χ3n) is 3.96. The Morgan fingerprint density at radius 3 is 2.72 bits per heavy atom. The molecule has 0 saturated heterocycles. The number of halogens is 1. The predicted molar refractivity (Wildman–Crippen MR) is 103 cm³/mol. The summed E-state index contributed by atoms with van der Waals surface area (Å²) in [6.45, 7) is 1.84. The molecule has 0 aliphatic carbocycles. The third-order valence-corrected chi connectivity index (χ3v) is 4.69. The molecule has 0 radical (unpaired) electrons. The standard InChI is InChI=1S/C20H17BrN2O2/c1-13(19(20(24)25-2)16-7-3-4-8-17(16)21)23-15-9-10-18-14(12-15)6-5-11-22-18/h3-12,19H,1-2H3. The van der Waals surface area contributed by atoms with Crippen molar-refractivity contribution in [2.45, 2.75) is 12.8 Å². The van der Waals surface area contributed by atoms with Gasteiger partial charge in [0.1, 0.15) is 5.92 Å². The Bertz CT molecular complexity index is 953. The predicted octanol–water partition coefficient (Wildman–Crippen LogP) is 5.05. The fraction of sp³-hybridized carbons (Fsp3) is 0.150. The summed E-state index contributed by atoms with van der Waals surface area (Å²) in [4.78, 5) is 21.3. The summed E-state index contributed by atoms with van der Waals surface area (Å²) in [6, 6.07) is 17.3. The van der Waals surface area contributed by atoms with Gasteiger partial charge >= 0.3 is 5.97 Å². The van der Waals surface area contributed by atoms with Crippen molar-refractivity contribution < 1.29 is 9.53 Å². The summed E-state index contributed by atoms with van der Waals surface area (Å²) in [6.07, 6.45) is 1.76. The molecule has 1 unspecified atom stereocenters. The van der Waals surface area contributed by atoms with E-state index in [9.17, 15) is 4.79 Å². The number of nitrogens with zero attached hydrogens (tertiary/aromatic N) is 2. The number of hydrogen-bond donors (Lipinski definition) is 0. The van der Waals surface area contributed by atoms with Crippen LogP contribution in [0.25, 0.3) is 10.9 Å². The first-order valence-electron chi connectivity index (χ1n) is 7.82. The van der Waals surface area contributed by atoms with Gasteiger partial charge in [0.2, 0.25) is 0 Å². The topological polar surface area (TPSA) is 51.5 Å². The van der Waals surface area contributed by atoms with Crippen LogP contribution in [0.15, 0.2) is 70.3 Å². The van der Waals surface area contributed by atoms with Gasteiger partial charge in [-0.1, -0.05) is 40.2 Å². The zero-order valence-electron chi connectivity index (χ0n) is 13.9. The first-order chi connectivity index (χ1) is 12.1. The molecule has 0 amide bonds. The van der Waals surface area contributed by atoms with Gasteiger partial charge in [0.15, 0.2) is 0 Å². The van der Waals surface area contributed by atoms with Crippen LogP contribution in [-0.4, -0.2) is 23.8 Å². The van der Waals surface area contributed by atoms with E-state index in [4.69, 9.17) is 4.74 Å². The van der Waals surface area contributed by atoms with E-state index < -0.39 is 5.92 Å². The number of fused-ring (bicyclic) bond motifs is 1. The highest BCUT2D eigenvalue weighted by Crippen LogP contribution is 2.29. The summed E-state index contributed by atoms with van der Waals surface area (Å²) < 4.78 is 5.85. The second-order valence-corrected chi connectivity index (χ2v) is 6.47. The second kappa shape index (κ2) is 7.57. The highest BCUT2D eigenvalue weighted by Gasteiger charge is 2.26. The Morgan fingerprint density at radius 1 is 1.16 bits per heavy atom. The van der Waals surface area contributed by atoms with Crippen molar-refractivity contribution in [2.24, 2.45) is 4.99 Å². The maximum absolute atomic E-state index is 12.4.